The van der Waals surface area contributed by atoms with E-state index in [0.29, 0.717) is 12.6 Å². The minimum atomic E-state index is -0.103. The highest BCUT2D eigenvalue weighted by molar-refractivity contribution is 5.77. The van der Waals surface area contributed by atoms with Crippen molar-refractivity contribution in [2.24, 2.45) is 0 Å². The molecule has 0 aliphatic carbocycles. The molecule has 0 aromatic carbocycles. The topological polar surface area (TPSA) is 38.3 Å². The van der Waals surface area contributed by atoms with Crippen molar-refractivity contribution in [2.45, 2.75) is 32.4 Å². The lowest BCUT2D eigenvalue weighted by molar-refractivity contribution is -0.139. The molecule has 0 saturated carbocycles. The number of hydrogen-bond acceptors (Lipinski definition) is 3. The van der Waals surface area contributed by atoms with E-state index in [1.807, 2.05) is 13.8 Å². The molecule has 1 rings (SSSR count). The van der Waals surface area contributed by atoms with Gasteiger partial charge in [-0.3, -0.25) is 4.79 Å². The minimum absolute atomic E-state index is 0.0556. The summed E-state index contributed by atoms with van der Waals surface area (Å²) in [6.07, 6.45) is 0.816. The number of cyclic esters (lactones) is 1. The van der Waals surface area contributed by atoms with E-state index < -0.39 is 0 Å². The van der Waals surface area contributed by atoms with Gasteiger partial charge in [0.15, 0.2) is 0 Å². The van der Waals surface area contributed by atoms with Gasteiger partial charge in [-0.15, -0.1) is 0 Å². The zero-order chi connectivity index (χ0) is 7.56. The minimum Gasteiger partial charge on any atom is -0.464 e. The Morgan fingerprint density at radius 3 is 2.80 bits per heavy atom. The van der Waals surface area contributed by atoms with Crippen molar-refractivity contribution in [1.82, 2.24) is 5.32 Å². The molecule has 0 bridgehead atoms. The third-order valence-electron chi connectivity index (χ3n) is 1.47. The van der Waals surface area contributed by atoms with Gasteiger partial charge in [0.25, 0.3) is 0 Å². The lowest BCUT2D eigenvalue weighted by Gasteiger charge is -2.10. The zero-order valence-electron chi connectivity index (χ0n) is 6.39. The largest absolute Gasteiger partial charge is 0.464 e. The van der Waals surface area contributed by atoms with Crippen LogP contribution in [0.15, 0.2) is 0 Å². The first-order chi connectivity index (χ1) is 4.70. The Bertz CT molecular complexity index is 134. The lowest BCUT2D eigenvalue weighted by Crippen LogP contribution is -2.37. The summed E-state index contributed by atoms with van der Waals surface area (Å²) >= 11 is 0. The van der Waals surface area contributed by atoms with Crippen LogP contribution in [0.3, 0.4) is 0 Å². The maximum Gasteiger partial charge on any atom is 0.323 e. The molecule has 0 unspecified atom stereocenters. The summed E-state index contributed by atoms with van der Waals surface area (Å²) < 4.78 is 4.76. The monoisotopic (exact) mass is 143 g/mol. The first-order valence-electron chi connectivity index (χ1n) is 3.63. The molecule has 10 heavy (non-hydrogen) atoms. The molecule has 1 heterocycles. The van der Waals surface area contributed by atoms with Crippen LogP contribution in [0, 0.1) is 0 Å². The SMILES string of the molecule is CC(C)N[C@@H]1CCOC1=O. The maximum absolute atomic E-state index is 10.8. The smallest absolute Gasteiger partial charge is 0.323 e. The Balaban J connectivity index is 2.33. The van der Waals surface area contributed by atoms with E-state index >= 15 is 0 Å². The number of ether oxygens (including phenoxy) is 1. The fourth-order valence-electron chi connectivity index (χ4n) is 1.05. The van der Waals surface area contributed by atoms with Crippen LogP contribution in [0.5, 0.6) is 0 Å². The number of rotatable bonds is 2. The molecule has 0 spiro atoms. The second-order valence-corrected chi connectivity index (χ2v) is 2.83. The van der Waals surface area contributed by atoms with Crippen LogP contribution in [-0.2, 0) is 9.53 Å². The summed E-state index contributed by atoms with van der Waals surface area (Å²) in [5, 5.41) is 3.12. The number of carbonyl (C=O) groups excluding carboxylic acids is 1. The second-order valence-electron chi connectivity index (χ2n) is 2.83. The average Bonchev–Trinajstić information content (AvgIpc) is 2.15. The van der Waals surface area contributed by atoms with Crippen LogP contribution in [0.25, 0.3) is 0 Å². The van der Waals surface area contributed by atoms with Gasteiger partial charge in [-0.1, -0.05) is 13.8 Å². The van der Waals surface area contributed by atoms with E-state index in [2.05, 4.69) is 5.32 Å². The Hall–Kier alpha value is -0.570. The molecule has 1 aliphatic heterocycles. The van der Waals surface area contributed by atoms with Gasteiger partial charge in [0.2, 0.25) is 0 Å². The first-order valence-corrected chi connectivity index (χ1v) is 3.63. The van der Waals surface area contributed by atoms with Crippen LogP contribution in [-0.4, -0.2) is 24.7 Å². The van der Waals surface area contributed by atoms with Gasteiger partial charge in [-0.2, -0.15) is 0 Å². The quantitative estimate of drug-likeness (QED) is 0.565. The molecular formula is C7H13NO2. The van der Waals surface area contributed by atoms with E-state index in [4.69, 9.17) is 4.74 Å². The standard InChI is InChI=1S/C7H13NO2/c1-5(2)8-6-3-4-10-7(6)9/h5-6,8H,3-4H2,1-2H3/t6-/m1/s1. The number of nitrogens with one attached hydrogen (secondary N) is 1. The molecule has 58 valence electrons. The molecule has 1 atom stereocenters. The normalized spacial score (nSPS) is 25.5. The summed E-state index contributed by atoms with van der Waals surface area (Å²) in [6, 6.07) is 0.302. The van der Waals surface area contributed by atoms with E-state index in [1.165, 1.54) is 0 Å². The molecule has 0 amide bonds. The van der Waals surface area contributed by atoms with E-state index in [9.17, 15) is 4.79 Å². The molecule has 1 aliphatic rings. The van der Waals surface area contributed by atoms with Crippen LogP contribution in [0.4, 0.5) is 0 Å². The highest BCUT2D eigenvalue weighted by atomic mass is 16.5. The van der Waals surface area contributed by atoms with Crippen LogP contribution in [0.1, 0.15) is 20.3 Å². The van der Waals surface area contributed by atoms with Gasteiger partial charge in [0.1, 0.15) is 6.04 Å². The fourth-order valence-corrected chi connectivity index (χ4v) is 1.05. The Morgan fingerprint density at radius 1 is 1.70 bits per heavy atom. The number of carbonyl (C=O) groups is 1. The van der Waals surface area contributed by atoms with Gasteiger partial charge in [-0.25, -0.2) is 0 Å². The van der Waals surface area contributed by atoms with Gasteiger partial charge < -0.3 is 10.1 Å². The summed E-state index contributed by atoms with van der Waals surface area (Å²) in [4.78, 5) is 10.8. The molecular weight excluding hydrogens is 130 g/mol. The van der Waals surface area contributed by atoms with Gasteiger partial charge >= 0.3 is 5.97 Å². The van der Waals surface area contributed by atoms with Crippen LogP contribution < -0.4 is 5.32 Å². The maximum atomic E-state index is 10.8. The van der Waals surface area contributed by atoms with E-state index in [1.54, 1.807) is 0 Å². The van der Waals surface area contributed by atoms with Crippen molar-refractivity contribution in [3.8, 4) is 0 Å². The molecule has 0 aromatic heterocycles. The van der Waals surface area contributed by atoms with Crippen molar-refractivity contribution in [2.75, 3.05) is 6.61 Å². The number of esters is 1. The van der Waals surface area contributed by atoms with Crippen molar-refractivity contribution in [3.05, 3.63) is 0 Å². The van der Waals surface area contributed by atoms with Gasteiger partial charge in [-0.05, 0) is 0 Å². The molecule has 3 nitrogen and oxygen atoms in total. The predicted molar refractivity (Wildman–Crippen MR) is 37.6 cm³/mol. The summed E-state index contributed by atoms with van der Waals surface area (Å²) in [6.45, 7) is 4.61. The van der Waals surface area contributed by atoms with Crippen molar-refractivity contribution in [3.63, 3.8) is 0 Å². The average molecular weight is 143 g/mol. The Labute approximate surface area is 60.7 Å². The third-order valence-corrected chi connectivity index (χ3v) is 1.47. The lowest BCUT2D eigenvalue weighted by atomic mass is 10.2. The summed E-state index contributed by atoms with van der Waals surface area (Å²) in [5.41, 5.74) is 0. The molecule has 0 radical (unpaired) electrons. The fraction of sp³-hybridized carbons (Fsp3) is 0.857. The second kappa shape index (κ2) is 3.01. The van der Waals surface area contributed by atoms with Gasteiger partial charge in [0, 0.05) is 12.5 Å². The Morgan fingerprint density at radius 2 is 2.40 bits per heavy atom. The molecule has 1 saturated heterocycles. The number of hydrogen-bond donors (Lipinski definition) is 1. The first kappa shape index (κ1) is 7.54. The van der Waals surface area contributed by atoms with E-state index in [0.717, 1.165) is 6.42 Å². The highest BCUT2D eigenvalue weighted by Gasteiger charge is 2.26. The van der Waals surface area contributed by atoms with Crippen molar-refractivity contribution in [1.29, 1.82) is 0 Å². The summed E-state index contributed by atoms with van der Waals surface area (Å²) in [7, 11) is 0. The molecule has 1 N–H and O–H groups in total. The van der Waals surface area contributed by atoms with Crippen LogP contribution >= 0.6 is 0 Å². The Kier molecular flexibility index (Phi) is 2.27. The van der Waals surface area contributed by atoms with Crippen molar-refractivity contribution >= 4 is 5.97 Å². The third kappa shape index (κ3) is 1.70. The summed E-state index contributed by atoms with van der Waals surface area (Å²) in [5.74, 6) is -0.103. The zero-order valence-corrected chi connectivity index (χ0v) is 6.39. The van der Waals surface area contributed by atoms with E-state index in [-0.39, 0.29) is 12.0 Å². The van der Waals surface area contributed by atoms with Crippen molar-refractivity contribution < 1.29 is 9.53 Å². The molecule has 3 heteroatoms. The molecule has 0 aromatic rings. The highest BCUT2D eigenvalue weighted by Crippen LogP contribution is 2.05. The predicted octanol–water partition coefficient (Wildman–Crippen LogP) is 0.300. The van der Waals surface area contributed by atoms with Crippen LogP contribution in [0.2, 0.25) is 0 Å². The van der Waals surface area contributed by atoms with Gasteiger partial charge in [0.05, 0.1) is 6.61 Å². The molecule has 1 fully saturated rings.